The summed E-state index contributed by atoms with van der Waals surface area (Å²) in [6.07, 6.45) is -1.00. The van der Waals surface area contributed by atoms with Crippen LogP contribution in [0, 0.1) is 13.8 Å². The fourth-order valence-electron chi connectivity index (χ4n) is 2.66. The number of aryl methyl sites for hydroxylation is 2. The average Bonchev–Trinajstić information content (AvgIpc) is 2.59. The molecule has 1 atom stereocenters. The quantitative estimate of drug-likeness (QED) is 0.507. The van der Waals surface area contributed by atoms with Gasteiger partial charge in [-0.05, 0) is 76.8 Å². The Morgan fingerprint density at radius 3 is 2.18 bits per heavy atom. The second-order valence-electron chi connectivity index (χ2n) is 7.98. The van der Waals surface area contributed by atoms with E-state index < -0.39 is 17.7 Å². The Balaban J connectivity index is 3.62. The zero-order valence-corrected chi connectivity index (χ0v) is 19.0. The van der Waals surface area contributed by atoms with Gasteiger partial charge < -0.3 is 15.2 Å². The van der Waals surface area contributed by atoms with E-state index in [-0.39, 0.29) is 0 Å². The van der Waals surface area contributed by atoms with Gasteiger partial charge in [-0.25, -0.2) is 4.79 Å². The van der Waals surface area contributed by atoms with Crippen molar-refractivity contribution in [2.45, 2.75) is 60.2 Å². The molecular formula is C23H32ClNO3. The number of nitrogens with two attached hydrogens (primary N) is 1. The van der Waals surface area contributed by atoms with Gasteiger partial charge in [0.2, 0.25) is 0 Å². The molecule has 0 heterocycles. The van der Waals surface area contributed by atoms with Crippen molar-refractivity contribution >= 4 is 23.3 Å². The molecule has 2 N–H and O–H groups in total. The van der Waals surface area contributed by atoms with Crippen molar-refractivity contribution in [2.24, 2.45) is 5.73 Å². The van der Waals surface area contributed by atoms with Gasteiger partial charge in [-0.3, -0.25) is 0 Å². The number of benzene rings is 1. The molecule has 0 saturated carbocycles. The highest BCUT2D eigenvalue weighted by Gasteiger charge is 2.32. The lowest BCUT2D eigenvalue weighted by Gasteiger charge is -2.29. The first-order valence-corrected chi connectivity index (χ1v) is 9.53. The van der Waals surface area contributed by atoms with Crippen LogP contribution in [-0.4, -0.2) is 24.8 Å². The van der Waals surface area contributed by atoms with Crippen LogP contribution in [0.25, 0.3) is 5.70 Å². The SMILES string of the molecule is C=C(C)/C(=C(Cl)\C(C)=C(/N)c1ccc(C)c(C)c1)[C@H](OC(C)(C)C)C(=O)OC. The predicted molar refractivity (Wildman–Crippen MR) is 117 cm³/mol. The molecule has 0 aliphatic carbocycles. The van der Waals surface area contributed by atoms with Gasteiger partial charge in [0.15, 0.2) is 6.10 Å². The Morgan fingerprint density at radius 2 is 1.75 bits per heavy atom. The molecule has 1 aromatic rings. The van der Waals surface area contributed by atoms with E-state index >= 15 is 0 Å². The smallest absolute Gasteiger partial charge is 0.339 e. The van der Waals surface area contributed by atoms with Crippen LogP contribution < -0.4 is 5.73 Å². The van der Waals surface area contributed by atoms with Crippen LogP contribution in [-0.2, 0) is 14.3 Å². The Bertz CT molecular complexity index is 829. The predicted octanol–water partition coefficient (Wildman–Crippen LogP) is 5.42. The Morgan fingerprint density at radius 1 is 1.18 bits per heavy atom. The maximum atomic E-state index is 12.5. The maximum Gasteiger partial charge on any atom is 0.339 e. The molecule has 4 nitrogen and oxygen atoms in total. The lowest BCUT2D eigenvalue weighted by molar-refractivity contribution is -0.159. The zero-order chi connectivity index (χ0) is 21.8. The lowest BCUT2D eigenvalue weighted by Crippen LogP contribution is -2.36. The molecule has 1 aromatic carbocycles. The topological polar surface area (TPSA) is 61.5 Å². The first kappa shape index (κ1) is 24.0. The van der Waals surface area contributed by atoms with Crippen molar-refractivity contribution in [3.8, 4) is 0 Å². The number of carbonyl (C=O) groups is 1. The molecule has 0 fully saturated rings. The molecule has 5 heteroatoms. The summed E-state index contributed by atoms with van der Waals surface area (Å²) >= 11 is 6.73. The molecule has 28 heavy (non-hydrogen) atoms. The number of allylic oxidation sites excluding steroid dienone is 2. The summed E-state index contributed by atoms with van der Waals surface area (Å²) in [7, 11) is 1.32. The maximum absolute atomic E-state index is 12.5. The highest BCUT2D eigenvalue weighted by atomic mass is 35.5. The summed E-state index contributed by atoms with van der Waals surface area (Å²) in [6.45, 7) is 17.2. The largest absolute Gasteiger partial charge is 0.467 e. The van der Waals surface area contributed by atoms with Crippen molar-refractivity contribution in [1.29, 1.82) is 0 Å². The Labute approximate surface area is 174 Å². The van der Waals surface area contributed by atoms with E-state index in [1.165, 1.54) is 12.7 Å². The number of ether oxygens (including phenoxy) is 2. The molecule has 0 aromatic heterocycles. The zero-order valence-electron chi connectivity index (χ0n) is 18.2. The standard InChI is InChI=1S/C23H32ClNO3/c1-13(2)18(21(22(26)27-9)28-23(6,7)8)19(24)16(5)20(25)17-11-10-14(3)15(4)12-17/h10-12,21H,1,25H2,2-9H3/b19-18-,20-16-/t21-/m0/s1. The third-order valence-corrected chi connectivity index (χ3v) is 4.88. The molecule has 0 spiro atoms. The van der Waals surface area contributed by atoms with Gasteiger partial charge in [0.05, 0.1) is 17.7 Å². The van der Waals surface area contributed by atoms with Crippen LogP contribution in [0.3, 0.4) is 0 Å². The van der Waals surface area contributed by atoms with Gasteiger partial charge in [0, 0.05) is 11.3 Å². The third kappa shape index (κ3) is 5.98. The van der Waals surface area contributed by atoms with E-state index in [1.54, 1.807) is 6.92 Å². The molecule has 0 amide bonds. The summed E-state index contributed by atoms with van der Waals surface area (Å²) in [6, 6.07) is 5.99. The molecule has 0 aliphatic rings. The number of rotatable bonds is 6. The van der Waals surface area contributed by atoms with Crippen LogP contribution in [0.1, 0.15) is 51.3 Å². The summed E-state index contributed by atoms with van der Waals surface area (Å²) in [5, 5.41) is 0.336. The number of hydrogen-bond acceptors (Lipinski definition) is 4. The van der Waals surface area contributed by atoms with E-state index in [0.717, 1.165) is 11.1 Å². The molecular weight excluding hydrogens is 374 g/mol. The number of hydrogen-bond donors (Lipinski definition) is 1. The third-order valence-electron chi connectivity index (χ3n) is 4.40. The van der Waals surface area contributed by atoms with Gasteiger partial charge in [0.25, 0.3) is 0 Å². The van der Waals surface area contributed by atoms with Crippen LogP contribution in [0.5, 0.6) is 0 Å². The van der Waals surface area contributed by atoms with Gasteiger partial charge in [-0.1, -0.05) is 35.9 Å². The van der Waals surface area contributed by atoms with Crippen LogP contribution in [0.4, 0.5) is 0 Å². The number of esters is 1. The highest BCUT2D eigenvalue weighted by molar-refractivity contribution is 6.33. The van der Waals surface area contributed by atoms with Crippen LogP contribution >= 0.6 is 11.6 Å². The van der Waals surface area contributed by atoms with Crippen molar-refractivity contribution in [3.05, 3.63) is 63.2 Å². The first-order valence-electron chi connectivity index (χ1n) is 9.15. The first-order chi connectivity index (χ1) is 12.8. The molecule has 0 aliphatic heterocycles. The number of carbonyl (C=O) groups excluding carboxylic acids is 1. The fraction of sp³-hybridized carbons (Fsp3) is 0.435. The summed E-state index contributed by atoms with van der Waals surface area (Å²) in [4.78, 5) is 12.5. The summed E-state index contributed by atoms with van der Waals surface area (Å²) < 4.78 is 10.9. The average molecular weight is 406 g/mol. The number of halogens is 1. The monoisotopic (exact) mass is 405 g/mol. The minimum atomic E-state index is -1.00. The summed E-state index contributed by atoms with van der Waals surface area (Å²) in [5.74, 6) is -0.538. The van der Waals surface area contributed by atoms with E-state index in [0.29, 0.717) is 27.4 Å². The molecule has 1 rings (SSSR count). The second-order valence-corrected chi connectivity index (χ2v) is 8.36. The minimum absolute atomic E-state index is 0.336. The fourth-order valence-corrected chi connectivity index (χ4v) is 3.02. The minimum Gasteiger partial charge on any atom is -0.467 e. The Kier molecular flexibility index (Phi) is 8.09. The molecule has 0 radical (unpaired) electrons. The van der Waals surface area contributed by atoms with Crippen molar-refractivity contribution in [3.63, 3.8) is 0 Å². The molecule has 154 valence electrons. The van der Waals surface area contributed by atoms with E-state index in [9.17, 15) is 4.79 Å². The van der Waals surface area contributed by atoms with Gasteiger partial charge >= 0.3 is 5.97 Å². The highest BCUT2D eigenvalue weighted by Crippen LogP contribution is 2.33. The van der Waals surface area contributed by atoms with Crippen LogP contribution in [0.15, 0.2) is 46.5 Å². The second kappa shape index (κ2) is 9.44. The van der Waals surface area contributed by atoms with Crippen LogP contribution in [0.2, 0.25) is 0 Å². The van der Waals surface area contributed by atoms with Gasteiger partial charge in [-0.15, -0.1) is 0 Å². The number of methoxy groups -OCH3 is 1. The normalized spacial score (nSPS) is 14.8. The van der Waals surface area contributed by atoms with Gasteiger partial charge in [-0.2, -0.15) is 0 Å². The molecule has 0 unspecified atom stereocenters. The van der Waals surface area contributed by atoms with E-state index in [2.05, 4.69) is 6.58 Å². The lowest BCUT2D eigenvalue weighted by atomic mass is 9.96. The molecule has 0 bridgehead atoms. The molecule has 0 saturated heterocycles. The van der Waals surface area contributed by atoms with Crippen molar-refractivity contribution in [2.75, 3.05) is 7.11 Å². The van der Waals surface area contributed by atoms with Crippen molar-refractivity contribution < 1.29 is 14.3 Å². The Hall–Kier alpha value is -2.04. The van der Waals surface area contributed by atoms with Gasteiger partial charge in [0.1, 0.15) is 0 Å². The summed E-state index contributed by atoms with van der Waals surface area (Å²) in [5.41, 5.74) is 11.3. The van der Waals surface area contributed by atoms with E-state index in [1.807, 2.05) is 59.7 Å². The van der Waals surface area contributed by atoms with Crippen molar-refractivity contribution in [1.82, 2.24) is 0 Å². The van der Waals surface area contributed by atoms with E-state index in [4.69, 9.17) is 26.8 Å².